The van der Waals surface area contributed by atoms with Crippen LogP contribution in [0.4, 0.5) is 0 Å². The lowest BCUT2D eigenvalue weighted by molar-refractivity contribution is 0.0308. The first kappa shape index (κ1) is 25.6. The minimum atomic E-state index is 0.531. The summed E-state index contributed by atoms with van der Waals surface area (Å²) in [6.45, 7) is 29.3. The molecule has 0 nitrogen and oxygen atoms in total. The van der Waals surface area contributed by atoms with Crippen molar-refractivity contribution >= 4 is 0 Å². The van der Waals surface area contributed by atoms with Gasteiger partial charge < -0.3 is 0 Å². The number of hydrogen-bond donors (Lipinski definition) is 0. The van der Waals surface area contributed by atoms with E-state index in [0.717, 1.165) is 47.3 Å². The fourth-order valence-electron chi connectivity index (χ4n) is 9.05. The minimum absolute atomic E-state index is 0.531. The number of hydrogen-bond acceptors (Lipinski definition) is 0. The Bertz CT molecular complexity index is 558. The zero-order chi connectivity index (χ0) is 23.6. The molecule has 0 heteroatoms. The van der Waals surface area contributed by atoms with Gasteiger partial charge >= 0.3 is 0 Å². The van der Waals surface area contributed by atoms with Crippen LogP contribution in [0.25, 0.3) is 0 Å². The van der Waals surface area contributed by atoms with Crippen LogP contribution in [0, 0.1) is 69.0 Å². The average Bonchev–Trinajstić information content (AvgIpc) is 3.24. The molecule has 0 amide bonds. The fourth-order valence-corrected chi connectivity index (χ4v) is 9.05. The summed E-state index contributed by atoms with van der Waals surface area (Å²) in [6, 6.07) is 0. The second-order valence-electron chi connectivity index (χ2n) is 16.7. The van der Waals surface area contributed by atoms with Crippen molar-refractivity contribution in [3.63, 3.8) is 0 Å². The Labute approximate surface area is 197 Å². The topological polar surface area (TPSA) is 0 Å². The summed E-state index contributed by atoms with van der Waals surface area (Å²) in [5, 5.41) is 0. The van der Waals surface area contributed by atoms with Crippen molar-refractivity contribution in [1.29, 1.82) is 0 Å². The van der Waals surface area contributed by atoms with Crippen LogP contribution >= 0.6 is 0 Å². The summed E-state index contributed by atoms with van der Waals surface area (Å²) in [4.78, 5) is 0. The first-order valence-electron chi connectivity index (χ1n) is 13.9. The second-order valence-corrected chi connectivity index (χ2v) is 16.7. The lowest BCUT2D eigenvalue weighted by Crippen LogP contribution is -2.38. The standard InChI is InChI=1S/C16H30.C15H28/c1-15(2,3)13-9-11-7-8-12(10-13)14(11)16(4,5)6;1-14(2,3)12-8-11-7-10(12)9-13(11)15(4,5)6/h11-14H,7-10H2,1-6H3;10-13H,7-9H2,1-6H3. The van der Waals surface area contributed by atoms with Gasteiger partial charge in [0.25, 0.3) is 0 Å². The van der Waals surface area contributed by atoms with Gasteiger partial charge in [0.2, 0.25) is 0 Å². The highest BCUT2D eigenvalue weighted by atomic mass is 14.6. The number of rotatable bonds is 0. The second kappa shape index (κ2) is 8.34. The number of fused-ring (bicyclic) bond motifs is 4. The van der Waals surface area contributed by atoms with Gasteiger partial charge in [-0.15, -0.1) is 0 Å². The molecule has 6 unspecified atom stereocenters. The van der Waals surface area contributed by atoms with Crippen LogP contribution in [0.5, 0.6) is 0 Å². The molecule has 0 spiro atoms. The van der Waals surface area contributed by atoms with Gasteiger partial charge in [-0.05, 0) is 114 Å². The van der Waals surface area contributed by atoms with Crippen LogP contribution < -0.4 is 0 Å². The molecule has 0 aromatic heterocycles. The normalized spacial score (nSPS) is 40.6. The third-order valence-corrected chi connectivity index (χ3v) is 10.4. The molecule has 0 radical (unpaired) electrons. The molecular weight excluding hydrogens is 372 g/mol. The first-order chi connectivity index (χ1) is 13.9. The predicted molar refractivity (Wildman–Crippen MR) is 138 cm³/mol. The van der Waals surface area contributed by atoms with E-state index >= 15 is 0 Å². The van der Waals surface area contributed by atoms with Crippen LogP contribution in [-0.4, -0.2) is 0 Å². The summed E-state index contributed by atoms with van der Waals surface area (Å²) in [5.41, 5.74) is 2.16. The lowest BCUT2D eigenvalue weighted by Gasteiger charge is -2.46. The SMILES string of the molecule is CC(C)(C)C1CC2CC1CC2C(C)(C)C.CC(C)(C)C1CC2CCC(C1)C2C(C)(C)C. The molecule has 0 aromatic rings. The van der Waals surface area contributed by atoms with E-state index in [0.29, 0.717) is 21.7 Å². The molecule has 0 heterocycles. The maximum Gasteiger partial charge on any atom is -0.0308 e. The van der Waals surface area contributed by atoms with Crippen LogP contribution in [0.1, 0.15) is 128 Å². The first-order valence-corrected chi connectivity index (χ1v) is 13.9. The molecule has 4 aliphatic carbocycles. The van der Waals surface area contributed by atoms with E-state index in [2.05, 4.69) is 83.1 Å². The Morgan fingerprint density at radius 1 is 0.387 bits per heavy atom. The van der Waals surface area contributed by atoms with E-state index in [1.165, 1.54) is 44.9 Å². The van der Waals surface area contributed by atoms with Gasteiger partial charge in [-0.25, -0.2) is 0 Å². The fraction of sp³-hybridized carbons (Fsp3) is 1.00. The molecule has 31 heavy (non-hydrogen) atoms. The Morgan fingerprint density at radius 3 is 1.03 bits per heavy atom. The van der Waals surface area contributed by atoms with Crippen molar-refractivity contribution in [3.8, 4) is 0 Å². The van der Waals surface area contributed by atoms with Crippen molar-refractivity contribution in [1.82, 2.24) is 0 Å². The Kier molecular flexibility index (Phi) is 6.89. The molecule has 0 aromatic carbocycles. The molecule has 0 aliphatic heterocycles. The maximum atomic E-state index is 2.46. The van der Waals surface area contributed by atoms with Crippen molar-refractivity contribution < 1.29 is 0 Å². The summed E-state index contributed by atoms with van der Waals surface area (Å²) in [7, 11) is 0. The van der Waals surface area contributed by atoms with Crippen LogP contribution in [0.15, 0.2) is 0 Å². The average molecular weight is 431 g/mol. The predicted octanol–water partition coefficient (Wildman–Crippen LogP) is 9.87. The van der Waals surface area contributed by atoms with Crippen LogP contribution in [0.2, 0.25) is 0 Å². The molecule has 0 N–H and O–H groups in total. The van der Waals surface area contributed by atoms with Crippen molar-refractivity contribution in [2.24, 2.45) is 69.0 Å². The van der Waals surface area contributed by atoms with Crippen LogP contribution in [-0.2, 0) is 0 Å². The summed E-state index contributed by atoms with van der Waals surface area (Å²) in [5.74, 6) is 8.13. The van der Waals surface area contributed by atoms with Gasteiger partial charge in [0.1, 0.15) is 0 Å². The molecule has 4 aliphatic rings. The van der Waals surface area contributed by atoms with Crippen molar-refractivity contribution in [3.05, 3.63) is 0 Å². The van der Waals surface area contributed by atoms with E-state index in [1.54, 1.807) is 0 Å². The highest BCUT2D eigenvalue weighted by Crippen LogP contribution is 2.61. The van der Waals surface area contributed by atoms with Gasteiger partial charge in [-0.1, -0.05) is 83.1 Å². The Morgan fingerprint density at radius 2 is 0.774 bits per heavy atom. The zero-order valence-electron chi connectivity index (χ0n) is 23.6. The van der Waals surface area contributed by atoms with Crippen LogP contribution in [0.3, 0.4) is 0 Å². The molecule has 4 rings (SSSR count). The highest BCUT2D eigenvalue weighted by Gasteiger charge is 2.52. The highest BCUT2D eigenvalue weighted by molar-refractivity contribution is 5.01. The Hall–Kier alpha value is 0. The van der Waals surface area contributed by atoms with Crippen molar-refractivity contribution in [2.45, 2.75) is 128 Å². The van der Waals surface area contributed by atoms with Gasteiger partial charge in [0.15, 0.2) is 0 Å². The summed E-state index contributed by atoms with van der Waals surface area (Å²) >= 11 is 0. The quantitative estimate of drug-likeness (QED) is 0.358. The minimum Gasteiger partial charge on any atom is -0.0599 e. The molecule has 6 atom stereocenters. The van der Waals surface area contributed by atoms with Gasteiger partial charge in [-0.3, -0.25) is 0 Å². The van der Waals surface area contributed by atoms with Gasteiger partial charge in [-0.2, -0.15) is 0 Å². The largest absolute Gasteiger partial charge is 0.0599 e. The monoisotopic (exact) mass is 430 g/mol. The molecule has 4 saturated carbocycles. The van der Waals surface area contributed by atoms with E-state index in [9.17, 15) is 0 Å². The van der Waals surface area contributed by atoms with Gasteiger partial charge in [0.05, 0.1) is 0 Å². The van der Waals surface area contributed by atoms with Gasteiger partial charge in [0, 0.05) is 0 Å². The lowest BCUT2D eigenvalue weighted by atomic mass is 9.59. The zero-order valence-corrected chi connectivity index (χ0v) is 23.6. The molecule has 4 bridgehead atoms. The molecule has 182 valence electrons. The molecular formula is C31H58. The maximum absolute atomic E-state index is 2.46. The summed E-state index contributed by atoms with van der Waals surface area (Å²) in [6.07, 6.45) is 10.6. The summed E-state index contributed by atoms with van der Waals surface area (Å²) < 4.78 is 0. The molecule has 0 saturated heterocycles. The van der Waals surface area contributed by atoms with E-state index in [1.807, 2.05) is 0 Å². The van der Waals surface area contributed by atoms with E-state index in [-0.39, 0.29) is 0 Å². The van der Waals surface area contributed by atoms with Crippen molar-refractivity contribution in [2.75, 3.05) is 0 Å². The smallest absolute Gasteiger partial charge is 0.0308 e. The molecule has 4 fully saturated rings. The Balaban J connectivity index is 0.000000176. The van der Waals surface area contributed by atoms with E-state index < -0.39 is 0 Å². The third kappa shape index (κ3) is 5.57. The third-order valence-electron chi connectivity index (χ3n) is 10.4. The van der Waals surface area contributed by atoms with E-state index in [4.69, 9.17) is 0 Å².